The smallest absolute Gasteiger partial charge is 0.344 e. The molecule has 0 aliphatic heterocycles. The first kappa shape index (κ1) is 19.3. The summed E-state index contributed by atoms with van der Waals surface area (Å²) in [4.78, 5) is 24.3. The third kappa shape index (κ3) is 4.28. The maximum absolute atomic E-state index is 13.1. The van der Waals surface area contributed by atoms with Crippen LogP contribution < -0.4 is 4.74 Å². The zero-order chi connectivity index (χ0) is 20.3. The minimum Gasteiger partial charge on any atom is -0.482 e. The summed E-state index contributed by atoms with van der Waals surface area (Å²) in [5.41, 5.74) is 1.90. The minimum atomic E-state index is -0.724. The number of aromatic nitrogens is 2. The number of carbonyl (C=O) groups is 2. The SMILES string of the molecule is Cc1cc(-n2c(C)cc(C(=O)COC(=O)COc3cccc(F)c3)c2C)no1. The van der Waals surface area contributed by atoms with Crippen LogP contribution in [0.1, 0.15) is 27.5 Å². The van der Waals surface area contributed by atoms with E-state index in [4.69, 9.17) is 14.0 Å². The summed E-state index contributed by atoms with van der Waals surface area (Å²) in [6.07, 6.45) is 0. The average molecular weight is 386 g/mol. The van der Waals surface area contributed by atoms with E-state index in [9.17, 15) is 14.0 Å². The lowest BCUT2D eigenvalue weighted by molar-refractivity contribution is -0.144. The molecule has 8 heteroatoms. The number of rotatable bonds is 7. The van der Waals surface area contributed by atoms with Gasteiger partial charge in [-0.1, -0.05) is 11.2 Å². The van der Waals surface area contributed by atoms with Gasteiger partial charge in [0.05, 0.1) is 0 Å². The van der Waals surface area contributed by atoms with Crippen molar-refractivity contribution in [2.45, 2.75) is 20.8 Å². The Labute approximate surface area is 160 Å². The van der Waals surface area contributed by atoms with Gasteiger partial charge in [-0.25, -0.2) is 9.18 Å². The van der Waals surface area contributed by atoms with Crippen LogP contribution in [0.4, 0.5) is 4.39 Å². The fourth-order valence-corrected chi connectivity index (χ4v) is 2.82. The largest absolute Gasteiger partial charge is 0.482 e. The Kier molecular flexibility index (Phi) is 5.58. The van der Waals surface area contributed by atoms with Gasteiger partial charge in [0.1, 0.15) is 17.3 Å². The molecule has 0 aliphatic carbocycles. The molecule has 0 saturated carbocycles. The van der Waals surface area contributed by atoms with Crippen LogP contribution in [0, 0.1) is 26.6 Å². The standard InChI is InChI=1S/C20H19FN2O5/c1-12-7-17(14(3)23(12)19-8-13(2)28-22-19)18(24)10-27-20(25)11-26-16-6-4-5-15(21)9-16/h4-9H,10-11H2,1-3H3. The van der Waals surface area contributed by atoms with Gasteiger partial charge in [0.2, 0.25) is 5.78 Å². The molecule has 2 heterocycles. The summed E-state index contributed by atoms with van der Waals surface area (Å²) in [7, 11) is 0. The molecule has 28 heavy (non-hydrogen) atoms. The number of Topliss-reactive ketones (excluding diaryl/α,β-unsaturated/α-hetero) is 1. The first-order chi connectivity index (χ1) is 13.3. The van der Waals surface area contributed by atoms with Crippen molar-refractivity contribution in [2.24, 2.45) is 0 Å². The molecule has 0 amide bonds. The fourth-order valence-electron chi connectivity index (χ4n) is 2.82. The molecule has 0 atom stereocenters. The van der Waals surface area contributed by atoms with Crippen LogP contribution in [0.3, 0.4) is 0 Å². The molecule has 146 valence electrons. The van der Waals surface area contributed by atoms with Crippen LogP contribution in [0.15, 0.2) is 40.9 Å². The maximum atomic E-state index is 13.1. The molecular weight excluding hydrogens is 367 g/mol. The Morgan fingerprint density at radius 1 is 1.14 bits per heavy atom. The van der Waals surface area contributed by atoms with Crippen molar-refractivity contribution in [3.05, 3.63) is 64.9 Å². The van der Waals surface area contributed by atoms with Crippen LogP contribution in [0.25, 0.3) is 5.82 Å². The van der Waals surface area contributed by atoms with Crippen LogP contribution in [0.2, 0.25) is 0 Å². The van der Waals surface area contributed by atoms with Gasteiger partial charge in [0, 0.05) is 29.1 Å². The highest BCUT2D eigenvalue weighted by Gasteiger charge is 2.19. The molecule has 0 radical (unpaired) electrons. The number of halogens is 1. The molecule has 3 rings (SSSR count). The van der Waals surface area contributed by atoms with E-state index < -0.39 is 25.0 Å². The quantitative estimate of drug-likeness (QED) is 0.457. The third-order valence-electron chi connectivity index (χ3n) is 4.09. The summed E-state index contributed by atoms with van der Waals surface area (Å²) in [6, 6.07) is 8.87. The van der Waals surface area contributed by atoms with Gasteiger partial charge >= 0.3 is 5.97 Å². The second-order valence-corrected chi connectivity index (χ2v) is 6.25. The van der Waals surface area contributed by atoms with Gasteiger partial charge in [0.25, 0.3) is 0 Å². The third-order valence-corrected chi connectivity index (χ3v) is 4.09. The lowest BCUT2D eigenvalue weighted by Gasteiger charge is -2.07. The van der Waals surface area contributed by atoms with E-state index in [0.29, 0.717) is 22.8 Å². The molecular formula is C20H19FN2O5. The highest BCUT2D eigenvalue weighted by molar-refractivity contribution is 5.99. The van der Waals surface area contributed by atoms with Crippen molar-refractivity contribution in [3.8, 4) is 11.6 Å². The van der Waals surface area contributed by atoms with Crippen molar-refractivity contribution < 1.29 is 28.0 Å². The molecule has 0 aliphatic rings. The van der Waals surface area contributed by atoms with Gasteiger partial charge in [-0.05, 0) is 39.0 Å². The summed E-state index contributed by atoms with van der Waals surface area (Å²) < 4.78 is 30.1. The normalized spacial score (nSPS) is 10.7. The Balaban J connectivity index is 1.60. The Bertz CT molecular complexity index is 1020. The number of esters is 1. The number of nitrogens with zero attached hydrogens (tertiary/aromatic N) is 2. The Hall–Kier alpha value is -3.42. The predicted octanol–water partition coefficient (Wildman–Crippen LogP) is 3.33. The van der Waals surface area contributed by atoms with E-state index in [-0.39, 0.29) is 11.5 Å². The molecule has 1 aromatic carbocycles. The Morgan fingerprint density at radius 2 is 1.93 bits per heavy atom. The molecule has 0 bridgehead atoms. The van der Waals surface area contributed by atoms with E-state index >= 15 is 0 Å². The molecule has 0 spiro atoms. The first-order valence-corrected chi connectivity index (χ1v) is 8.55. The van der Waals surface area contributed by atoms with Crippen LogP contribution in [0.5, 0.6) is 5.75 Å². The molecule has 0 N–H and O–H groups in total. The van der Waals surface area contributed by atoms with E-state index in [0.717, 1.165) is 11.8 Å². The predicted molar refractivity (Wildman–Crippen MR) is 97.2 cm³/mol. The van der Waals surface area contributed by atoms with Crippen molar-refractivity contribution in [2.75, 3.05) is 13.2 Å². The Morgan fingerprint density at radius 3 is 2.61 bits per heavy atom. The van der Waals surface area contributed by atoms with Crippen LogP contribution >= 0.6 is 0 Å². The molecule has 0 saturated heterocycles. The van der Waals surface area contributed by atoms with Crippen molar-refractivity contribution in [3.63, 3.8) is 0 Å². The van der Waals surface area contributed by atoms with E-state index in [1.165, 1.54) is 18.2 Å². The second kappa shape index (κ2) is 8.08. The highest BCUT2D eigenvalue weighted by atomic mass is 19.1. The average Bonchev–Trinajstić information content (AvgIpc) is 3.20. The number of ketones is 1. The van der Waals surface area contributed by atoms with Crippen LogP contribution in [-0.4, -0.2) is 34.7 Å². The number of aryl methyl sites for hydroxylation is 2. The number of hydrogen-bond donors (Lipinski definition) is 0. The van der Waals surface area contributed by atoms with Gasteiger partial charge in [-0.15, -0.1) is 0 Å². The van der Waals surface area contributed by atoms with Gasteiger partial charge in [-0.3, -0.25) is 9.36 Å². The van der Waals surface area contributed by atoms with E-state index in [1.807, 2.05) is 6.92 Å². The summed E-state index contributed by atoms with van der Waals surface area (Å²) >= 11 is 0. The number of ether oxygens (including phenoxy) is 2. The van der Waals surface area contributed by atoms with Crippen LogP contribution in [-0.2, 0) is 9.53 Å². The molecule has 3 aromatic rings. The second-order valence-electron chi connectivity index (χ2n) is 6.25. The van der Waals surface area contributed by atoms with E-state index in [1.54, 1.807) is 30.5 Å². The van der Waals surface area contributed by atoms with Gasteiger partial charge in [-0.2, -0.15) is 0 Å². The zero-order valence-corrected chi connectivity index (χ0v) is 15.7. The first-order valence-electron chi connectivity index (χ1n) is 8.55. The number of benzene rings is 1. The van der Waals surface area contributed by atoms with E-state index in [2.05, 4.69) is 5.16 Å². The lowest BCUT2D eigenvalue weighted by atomic mass is 10.1. The van der Waals surface area contributed by atoms with Crippen molar-refractivity contribution in [1.82, 2.24) is 9.72 Å². The van der Waals surface area contributed by atoms with Gasteiger partial charge in [0.15, 0.2) is 19.0 Å². The van der Waals surface area contributed by atoms with Gasteiger partial charge < -0.3 is 14.0 Å². The molecule has 0 fully saturated rings. The number of carbonyl (C=O) groups excluding carboxylic acids is 2. The lowest BCUT2D eigenvalue weighted by Crippen LogP contribution is -2.19. The fraction of sp³-hybridized carbons (Fsp3) is 0.250. The summed E-state index contributed by atoms with van der Waals surface area (Å²) in [6.45, 7) is 4.55. The molecule has 7 nitrogen and oxygen atoms in total. The molecule has 2 aromatic heterocycles. The highest BCUT2D eigenvalue weighted by Crippen LogP contribution is 2.21. The van der Waals surface area contributed by atoms with Crippen molar-refractivity contribution >= 4 is 11.8 Å². The van der Waals surface area contributed by atoms with Crippen molar-refractivity contribution in [1.29, 1.82) is 0 Å². The topological polar surface area (TPSA) is 83.6 Å². The molecule has 0 unspecified atom stereocenters. The summed E-state index contributed by atoms with van der Waals surface area (Å²) in [5, 5.41) is 3.96. The monoisotopic (exact) mass is 386 g/mol. The maximum Gasteiger partial charge on any atom is 0.344 e. The minimum absolute atomic E-state index is 0.203. The number of hydrogen-bond acceptors (Lipinski definition) is 6. The zero-order valence-electron chi connectivity index (χ0n) is 15.7. The summed E-state index contributed by atoms with van der Waals surface area (Å²) in [5.74, 6) is -0.111.